The van der Waals surface area contributed by atoms with Crippen molar-refractivity contribution in [2.75, 3.05) is 65.7 Å². The third-order valence-electron chi connectivity index (χ3n) is 5.39. The fourth-order valence-corrected chi connectivity index (χ4v) is 3.99. The van der Waals surface area contributed by atoms with Gasteiger partial charge in [-0.15, -0.1) is 0 Å². The largest absolute Gasteiger partial charge is 0.370 e. The molecular formula is C20H33N5O2S+2. The summed E-state index contributed by atoms with van der Waals surface area (Å²) in [6.45, 7) is 11.4. The summed E-state index contributed by atoms with van der Waals surface area (Å²) in [5, 5.41) is 8.46. The average Bonchev–Trinajstić information content (AvgIpc) is 2.75. The van der Waals surface area contributed by atoms with E-state index in [1.807, 2.05) is 0 Å². The van der Waals surface area contributed by atoms with Crippen molar-refractivity contribution in [3.05, 3.63) is 35.9 Å². The van der Waals surface area contributed by atoms with Crippen LogP contribution in [0.2, 0.25) is 0 Å². The summed E-state index contributed by atoms with van der Waals surface area (Å²) in [5.74, 6) is 0. The van der Waals surface area contributed by atoms with E-state index in [4.69, 9.17) is 21.7 Å². The van der Waals surface area contributed by atoms with E-state index in [-0.39, 0.29) is 6.04 Å². The van der Waals surface area contributed by atoms with Crippen molar-refractivity contribution in [2.45, 2.75) is 13.0 Å². The SMILES string of the molecule is C/C(=N/NC(=S)NCC[NH+]1CCOCC1)[C@H](c1ccccc1)[NH+]1CCOCC1. The molecule has 0 saturated carbocycles. The third-order valence-corrected chi connectivity index (χ3v) is 5.63. The summed E-state index contributed by atoms with van der Waals surface area (Å²) in [7, 11) is 0. The fraction of sp³-hybridized carbons (Fsp3) is 0.600. The van der Waals surface area contributed by atoms with Crippen molar-refractivity contribution in [1.29, 1.82) is 0 Å². The zero-order chi connectivity index (χ0) is 19.6. The number of rotatable bonds is 7. The number of hydrogen-bond donors (Lipinski definition) is 4. The predicted molar refractivity (Wildman–Crippen MR) is 114 cm³/mol. The number of benzene rings is 1. The number of quaternary nitrogens is 2. The Bertz CT molecular complexity index is 631. The molecule has 0 spiro atoms. The van der Waals surface area contributed by atoms with Gasteiger partial charge in [0.05, 0.1) is 45.2 Å². The first kappa shape index (κ1) is 21.1. The quantitative estimate of drug-likeness (QED) is 0.249. The zero-order valence-electron chi connectivity index (χ0n) is 16.7. The molecule has 154 valence electrons. The molecule has 2 fully saturated rings. The standard InChI is InChI=1S/C20H31N5O2S/c1-17(22-23-20(28)21-7-8-24-9-13-26-14-10-24)19(18-5-3-2-4-6-18)25-11-15-27-16-12-25/h2-6,19H,7-16H2,1H3,(H2,21,23,28)/p+2/b22-17-/t19-/m1/s1. The lowest BCUT2D eigenvalue weighted by Gasteiger charge is -2.31. The van der Waals surface area contributed by atoms with Crippen molar-refractivity contribution in [3.63, 3.8) is 0 Å². The summed E-state index contributed by atoms with van der Waals surface area (Å²) in [5.41, 5.74) is 5.35. The number of nitrogens with zero attached hydrogens (tertiary/aromatic N) is 1. The van der Waals surface area contributed by atoms with Gasteiger partial charge in [-0.25, -0.2) is 0 Å². The van der Waals surface area contributed by atoms with E-state index in [1.165, 1.54) is 10.5 Å². The van der Waals surface area contributed by atoms with Gasteiger partial charge in [0, 0.05) is 5.56 Å². The van der Waals surface area contributed by atoms with Crippen LogP contribution in [-0.4, -0.2) is 76.5 Å². The summed E-state index contributed by atoms with van der Waals surface area (Å²) >= 11 is 5.41. The zero-order valence-corrected chi connectivity index (χ0v) is 17.5. The molecule has 0 amide bonds. The van der Waals surface area contributed by atoms with Gasteiger partial charge in [-0.1, -0.05) is 30.3 Å². The van der Waals surface area contributed by atoms with Crippen LogP contribution in [0, 0.1) is 0 Å². The van der Waals surface area contributed by atoms with Gasteiger partial charge < -0.3 is 24.6 Å². The van der Waals surface area contributed by atoms with Gasteiger partial charge in [0.2, 0.25) is 0 Å². The Kier molecular flexibility index (Phi) is 8.63. The molecule has 0 aliphatic carbocycles. The minimum absolute atomic E-state index is 0.207. The lowest BCUT2D eigenvalue weighted by atomic mass is 10.0. The molecule has 3 rings (SSSR count). The van der Waals surface area contributed by atoms with Crippen LogP contribution >= 0.6 is 12.2 Å². The summed E-state index contributed by atoms with van der Waals surface area (Å²) in [6, 6.07) is 10.8. The number of ether oxygens (including phenoxy) is 2. The van der Waals surface area contributed by atoms with Gasteiger partial charge >= 0.3 is 0 Å². The molecule has 28 heavy (non-hydrogen) atoms. The maximum absolute atomic E-state index is 5.54. The monoisotopic (exact) mass is 407 g/mol. The number of nitrogens with one attached hydrogen (secondary N) is 4. The van der Waals surface area contributed by atoms with Crippen molar-refractivity contribution in [1.82, 2.24) is 10.7 Å². The molecule has 1 aromatic rings. The summed E-state index contributed by atoms with van der Waals surface area (Å²) < 4.78 is 10.9. The van der Waals surface area contributed by atoms with Crippen molar-refractivity contribution < 1.29 is 19.3 Å². The van der Waals surface area contributed by atoms with Crippen LogP contribution in [0.1, 0.15) is 18.5 Å². The van der Waals surface area contributed by atoms with Gasteiger partial charge in [-0.2, -0.15) is 5.10 Å². The fourth-order valence-electron chi connectivity index (χ4n) is 3.85. The van der Waals surface area contributed by atoms with E-state index >= 15 is 0 Å². The van der Waals surface area contributed by atoms with Gasteiger partial charge in [-0.3, -0.25) is 5.43 Å². The Balaban J connectivity index is 1.53. The first-order valence-electron chi connectivity index (χ1n) is 10.2. The highest BCUT2D eigenvalue weighted by molar-refractivity contribution is 7.80. The topological polar surface area (TPSA) is 63.8 Å². The summed E-state index contributed by atoms with van der Waals surface area (Å²) in [4.78, 5) is 3.04. The lowest BCUT2D eigenvalue weighted by Crippen LogP contribution is -3.15. The molecule has 2 heterocycles. The molecule has 7 nitrogen and oxygen atoms in total. The molecule has 1 atom stereocenters. The van der Waals surface area contributed by atoms with Crippen LogP contribution in [-0.2, 0) is 9.47 Å². The normalized spacial score (nSPS) is 20.5. The Labute approximate surface area is 173 Å². The van der Waals surface area contributed by atoms with Crippen molar-refractivity contribution in [2.24, 2.45) is 5.10 Å². The van der Waals surface area contributed by atoms with Crippen molar-refractivity contribution >= 4 is 23.0 Å². The highest BCUT2D eigenvalue weighted by atomic mass is 32.1. The molecule has 2 aliphatic rings. The van der Waals surface area contributed by atoms with Crippen LogP contribution in [0.4, 0.5) is 0 Å². The first-order chi connectivity index (χ1) is 13.7. The molecule has 4 N–H and O–H groups in total. The molecule has 1 aromatic carbocycles. The van der Waals surface area contributed by atoms with Crippen LogP contribution in [0.15, 0.2) is 35.4 Å². The van der Waals surface area contributed by atoms with Gasteiger partial charge in [0.25, 0.3) is 0 Å². The molecule has 2 saturated heterocycles. The Morgan fingerprint density at radius 1 is 1.07 bits per heavy atom. The second kappa shape index (κ2) is 11.4. The summed E-state index contributed by atoms with van der Waals surface area (Å²) in [6.07, 6.45) is 0. The van der Waals surface area contributed by atoms with E-state index in [0.717, 1.165) is 71.4 Å². The number of hydrogen-bond acceptors (Lipinski definition) is 4. The van der Waals surface area contributed by atoms with Crippen LogP contribution in [0.25, 0.3) is 0 Å². The van der Waals surface area contributed by atoms with E-state index in [9.17, 15) is 0 Å². The number of morpholine rings is 2. The van der Waals surface area contributed by atoms with Crippen LogP contribution in [0.3, 0.4) is 0 Å². The van der Waals surface area contributed by atoms with Crippen LogP contribution < -0.4 is 20.5 Å². The molecule has 0 unspecified atom stereocenters. The molecule has 8 heteroatoms. The van der Waals surface area contributed by atoms with E-state index in [2.05, 4.69) is 53.1 Å². The average molecular weight is 408 g/mol. The molecule has 2 aliphatic heterocycles. The first-order valence-corrected chi connectivity index (χ1v) is 10.6. The number of hydrazone groups is 1. The van der Waals surface area contributed by atoms with E-state index in [0.29, 0.717) is 5.11 Å². The molecule has 0 radical (unpaired) electrons. The molecular weight excluding hydrogens is 374 g/mol. The minimum atomic E-state index is 0.207. The lowest BCUT2D eigenvalue weighted by molar-refractivity contribution is -0.928. The van der Waals surface area contributed by atoms with Gasteiger partial charge in [0.1, 0.15) is 26.2 Å². The highest BCUT2D eigenvalue weighted by Gasteiger charge is 2.29. The predicted octanol–water partition coefficient (Wildman–Crippen LogP) is -1.60. The van der Waals surface area contributed by atoms with E-state index < -0.39 is 0 Å². The second-order valence-electron chi connectivity index (χ2n) is 7.35. The van der Waals surface area contributed by atoms with Gasteiger partial charge in [-0.05, 0) is 19.1 Å². The molecule has 0 aromatic heterocycles. The Hall–Kier alpha value is -1.58. The maximum atomic E-state index is 5.54. The third kappa shape index (κ3) is 6.49. The smallest absolute Gasteiger partial charge is 0.187 e. The highest BCUT2D eigenvalue weighted by Crippen LogP contribution is 2.11. The Morgan fingerprint density at radius 2 is 1.71 bits per heavy atom. The molecule has 0 bridgehead atoms. The Morgan fingerprint density at radius 3 is 2.39 bits per heavy atom. The second-order valence-corrected chi connectivity index (χ2v) is 7.76. The maximum Gasteiger partial charge on any atom is 0.187 e. The van der Waals surface area contributed by atoms with Crippen LogP contribution in [0.5, 0.6) is 0 Å². The minimum Gasteiger partial charge on any atom is -0.370 e. The van der Waals surface area contributed by atoms with E-state index in [1.54, 1.807) is 4.90 Å². The van der Waals surface area contributed by atoms with Crippen molar-refractivity contribution in [3.8, 4) is 0 Å². The number of thiocarbonyl (C=S) groups is 1. The van der Waals surface area contributed by atoms with Gasteiger partial charge in [0.15, 0.2) is 11.2 Å².